The molecule has 1 heterocycles. The second kappa shape index (κ2) is 16.2. The maximum absolute atomic E-state index is 12.6. The summed E-state index contributed by atoms with van der Waals surface area (Å²) < 4.78 is 64.2. The molecule has 4 aromatic rings. The van der Waals surface area contributed by atoms with E-state index in [1.165, 1.54) is 32.4 Å². The highest BCUT2D eigenvalue weighted by molar-refractivity contribution is 6.32. The Morgan fingerprint density at radius 3 is 2.12 bits per heavy atom. The molecule has 0 fully saturated rings. The zero-order chi connectivity index (χ0) is 35.6. The Kier molecular flexibility index (Phi) is 12.7. The second-order valence-corrected chi connectivity index (χ2v) is 10.8. The summed E-state index contributed by atoms with van der Waals surface area (Å²) >= 11 is 5.80. The number of methoxy groups -OCH3 is 2. The first kappa shape index (κ1) is 37.5. The van der Waals surface area contributed by atoms with Gasteiger partial charge in [-0.1, -0.05) is 43.6 Å². The minimum Gasteiger partial charge on any atom is -0.496 e. The van der Waals surface area contributed by atoms with E-state index < -0.39 is 16.7 Å². The van der Waals surface area contributed by atoms with Gasteiger partial charge in [0, 0.05) is 23.6 Å². The smallest absolute Gasteiger partial charge is 0.416 e. The number of alkyl halides is 3. The van der Waals surface area contributed by atoms with Crippen LogP contribution < -0.4 is 24.3 Å². The molecule has 4 rings (SSSR count). The zero-order valence-corrected chi connectivity index (χ0v) is 27.8. The van der Waals surface area contributed by atoms with E-state index >= 15 is 0 Å². The van der Waals surface area contributed by atoms with Gasteiger partial charge in [-0.3, -0.25) is 20.2 Å². The highest BCUT2D eigenvalue weighted by Gasteiger charge is 2.31. The molecule has 0 bridgehead atoms. The summed E-state index contributed by atoms with van der Waals surface area (Å²) in [5.41, 5.74) is -0.0838. The predicted molar refractivity (Wildman–Crippen MR) is 173 cm³/mol. The van der Waals surface area contributed by atoms with E-state index in [4.69, 9.17) is 35.1 Å². The number of nitro groups is 1. The monoisotopic (exact) mass is 693 g/mol. The van der Waals surface area contributed by atoms with Crippen molar-refractivity contribution in [2.24, 2.45) is 0 Å². The molecular weight excluding hydrogens is 659 g/mol. The van der Waals surface area contributed by atoms with Gasteiger partial charge in [0.2, 0.25) is 11.6 Å². The van der Waals surface area contributed by atoms with Crippen LogP contribution in [0.3, 0.4) is 0 Å². The molecule has 1 aromatic heterocycles. The van der Waals surface area contributed by atoms with Crippen molar-refractivity contribution in [1.82, 2.24) is 5.16 Å². The summed E-state index contributed by atoms with van der Waals surface area (Å²) in [7, 11) is 3.01. The Morgan fingerprint density at radius 2 is 1.60 bits per heavy atom. The van der Waals surface area contributed by atoms with Crippen molar-refractivity contribution in [3.63, 3.8) is 0 Å². The van der Waals surface area contributed by atoms with E-state index in [-0.39, 0.29) is 45.9 Å². The molecular formula is C33H35ClF3N3O8. The molecule has 1 amide bonds. The molecule has 0 saturated carbocycles. The number of anilines is 1. The molecule has 0 saturated heterocycles. The van der Waals surface area contributed by atoms with Gasteiger partial charge in [0.05, 0.1) is 42.0 Å². The number of carbonyl (C=O) groups excluding carboxylic acids is 1. The van der Waals surface area contributed by atoms with Gasteiger partial charge in [-0.25, -0.2) is 0 Å². The summed E-state index contributed by atoms with van der Waals surface area (Å²) in [4.78, 5) is 22.9. The van der Waals surface area contributed by atoms with E-state index in [1.807, 2.05) is 0 Å². The van der Waals surface area contributed by atoms with E-state index in [9.17, 15) is 28.1 Å². The van der Waals surface area contributed by atoms with Crippen molar-refractivity contribution in [2.45, 2.75) is 52.1 Å². The topological polar surface area (TPSA) is 135 Å². The molecule has 0 unspecified atom stereocenters. The van der Waals surface area contributed by atoms with Crippen LogP contribution in [0.1, 0.15) is 62.2 Å². The normalized spacial score (nSPS) is 11.2. The van der Waals surface area contributed by atoms with Gasteiger partial charge in [-0.2, -0.15) is 13.2 Å². The predicted octanol–water partition coefficient (Wildman–Crippen LogP) is 9.48. The number of nitrogens with one attached hydrogen (secondary N) is 1. The van der Waals surface area contributed by atoms with Crippen molar-refractivity contribution in [1.29, 1.82) is 0 Å². The highest BCUT2D eigenvalue weighted by atomic mass is 35.5. The standard InChI is InChI=1S/C18H24N2O4.C15H11ClF3NO4/c1-6-18(3,7-2)14-11-15(24-20-14)19-17(21)16-12(22-4)9-8-10-13(16)23-5;1-2-23-14-8-10(4-5-12(14)20(21)22)24-13-6-3-9(7-11(13)16)15(17,18)19/h8-11H,6-7H2,1-5H3,(H,19,21);3-8H,2H2,1H3. The first-order valence-corrected chi connectivity index (χ1v) is 15.0. The molecule has 48 heavy (non-hydrogen) atoms. The molecule has 0 aliphatic rings. The first-order chi connectivity index (χ1) is 22.7. The van der Waals surface area contributed by atoms with Crippen LogP contribution in [0, 0.1) is 10.1 Å². The minimum atomic E-state index is -4.52. The maximum Gasteiger partial charge on any atom is 0.416 e. The molecule has 0 atom stereocenters. The van der Waals surface area contributed by atoms with E-state index in [0.29, 0.717) is 22.9 Å². The van der Waals surface area contributed by atoms with Crippen molar-refractivity contribution in [2.75, 3.05) is 26.1 Å². The molecule has 0 radical (unpaired) electrons. The molecule has 15 heteroatoms. The number of carbonyl (C=O) groups is 1. The molecule has 0 spiro atoms. The zero-order valence-electron chi connectivity index (χ0n) is 27.1. The molecule has 3 aromatic carbocycles. The Balaban J connectivity index is 0.000000260. The fourth-order valence-electron chi connectivity index (χ4n) is 4.35. The largest absolute Gasteiger partial charge is 0.496 e. The fourth-order valence-corrected chi connectivity index (χ4v) is 4.57. The summed E-state index contributed by atoms with van der Waals surface area (Å²) in [6.07, 6.45) is -2.65. The van der Waals surface area contributed by atoms with Gasteiger partial charge >= 0.3 is 11.9 Å². The first-order valence-electron chi connectivity index (χ1n) is 14.7. The van der Waals surface area contributed by atoms with Crippen LogP contribution in [0.4, 0.5) is 24.7 Å². The number of aromatic nitrogens is 1. The number of ether oxygens (including phenoxy) is 4. The van der Waals surface area contributed by atoms with Crippen LogP contribution in [0.15, 0.2) is 65.2 Å². The Morgan fingerprint density at radius 1 is 0.958 bits per heavy atom. The lowest BCUT2D eigenvalue weighted by Crippen LogP contribution is -2.19. The third-order valence-corrected chi connectivity index (χ3v) is 7.79. The van der Waals surface area contributed by atoms with Gasteiger partial charge in [-0.15, -0.1) is 0 Å². The second-order valence-electron chi connectivity index (χ2n) is 10.4. The lowest BCUT2D eigenvalue weighted by molar-refractivity contribution is -0.385. The number of rotatable bonds is 12. The maximum atomic E-state index is 12.6. The van der Waals surface area contributed by atoms with E-state index in [0.717, 1.165) is 36.7 Å². The van der Waals surface area contributed by atoms with Crippen molar-refractivity contribution in [3.05, 3.63) is 92.6 Å². The van der Waals surface area contributed by atoms with Gasteiger partial charge in [0.15, 0.2) is 0 Å². The minimum absolute atomic E-state index is 0.0111. The van der Waals surface area contributed by atoms with Crippen LogP contribution >= 0.6 is 11.6 Å². The molecule has 0 aliphatic heterocycles. The van der Waals surface area contributed by atoms with E-state index in [1.54, 1.807) is 31.2 Å². The molecule has 258 valence electrons. The van der Waals surface area contributed by atoms with Gasteiger partial charge < -0.3 is 23.5 Å². The average Bonchev–Trinajstić information content (AvgIpc) is 3.53. The van der Waals surface area contributed by atoms with Crippen LogP contribution in [-0.4, -0.2) is 36.8 Å². The van der Waals surface area contributed by atoms with Crippen LogP contribution in [0.25, 0.3) is 0 Å². The summed E-state index contributed by atoms with van der Waals surface area (Å²) in [5.74, 6) is 0.907. The van der Waals surface area contributed by atoms with E-state index in [2.05, 4.69) is 31.2 Å². The van der Waals surface area contributed by atoms with Crippen LogP contribution in [0.5, 0.6) is 28.7 Å². The lowest BCUT2D eigenvalue weighted by Gasteiger charge is -2.22. The van der Waals surface area contributed by atoms with Crippen LogP contribution in [0.2, 0.25) is 5.02 Å². The number of halogens is 4. The molecule has 0 aliphatic carbocycles. The summed E-state index contributed by atoms with van der Waals surface area (Å²) in [5, 5.41) is 17.5. The number of nitro benzene ring substituents is 1. The van der Waals surface area contributed by atoms with Gasteiger partial charge in [0.1, 0.15) is 28.6 Å². The molecule has 11 nitrogen and oxygen atoms in total. The Bertz CT molecular complexity index is 1700. The van der Waals surface area contributed by atoms with Gasteiger partial charge in [0.25, 0.3) is 5.91 Å². The number of nitrogens with zero attached hydrogens (tertiary/aromatic N) is 2. The Hall–Kier alpha value is -4.98. The van der Waals surface area contributed by atoms with Crippen molar-refractivity contribution >= 4 is 29.1 Å². The lowest BCUT2D eigenvalue weighted by atomic mass is 9.81. The number of hydrogen-bond acceptors (Lipinski definition) is 9. The fraction of sp³-hybridized carbons (Fsp3) is 0.333. The average molecular weight is 694 g/mol. The van der Waals surface area contributed by atoms with Crippen molar-refractivity contribution in [3.8, 4) is 28.7 Å². The van der Waals surface area contributed by atoms with Crippen molar-refractivity contribution < 1.29 is 46.4 Å². The van der Waals surface area contributed by atoms with Gasteiger partial charge in [-0.05, 0) is 56.2 Å². The third-order valence-electron chi connectivity index (χ3n) is 7.50. The third kappa shape index (κ3) is 9.09. The summed E-state index contributed by atoms with van der Waals surface area (Å²) in [6.45, 7) is 8.20. The Labute approximate surface area is 280 Å². The highest BCUT2D eigenvalue weighted by Crippen LogP contribution is 2.39. The number of hydrogen-bond donors (Lipinski definition) is 1. The SMILES string of the molecule is CCC(C)(CC)c1cc(NC(=O)c2c(OC)cccc2OC)on1.CCOc1cc(Oc2ccc(C(F)(F)F)cc2Cl)ccc1[N+](=O)[O-]. The number of amides is 1. The number of benzene rings is 3. The van der Waals surface area contributed by atoms with Crippen LogP contribution in [-0.2, 0) is 11.6 Å². The quantitative estimate of drug-likeness (QED) is 0.114. The molecule has 1 N–H and O–H groups in total. The summed E-state index contributed by atoms with van der Waals surface area (Å²) in [6, 6.07) is 13.3.